The molecule has 1 aliphatic rings. The van der Waals surface area contributed by atoms with Crippen LogP contribution in [0.25, 0.3) is 10.2 Å². The summed E-state index contributed by atoms with van der Waals surface area (Å²) in [5.41, 5.74) is 1.37. The number of amides is 1. The molecule has 1 fully saturated rings. The van der Waals surface area contributed by atoms with E-state index in [1.54, 1.807) is 45.2 Å². The summed E-state index contributed by atoms with van der Waals surface area (Å²) in [7, 11) is -3.54. The Morgan fingerprint density at radius 1 is 1.03 bits per heavy atom. The highest BCUT2D eigenvalue weighted by Crippen LogP contribution is 2.34. The molecule has 0 spiro atoms. The van der Waals surface area contributed by atoms with Crippen LogP contribution in [0.15, 0.2) is 52.3 Å². The van der Waals surface area contributed by atoms with E-state index < -0.39 is 10.0 Å². The number of carbonyl (C=O) groups is 1. The first kappa shape index (κ1) is 29.9. The fourth-order valence-electron chi connectivity index (χ4n) is 4.44. The zero-order valence-corrected chi connectivity index (χ0v) is 24.8. The topological polar surface area (TPSA) is 73.8 Å². The predicted molar refractivity (Wildman–Crippen MR) is 157 cm³/mol. The molecular weight excluding hydrogens is 548 g/mol. The lowest BCUT2D eigenvalue weighted by Crippen LogP contribution is -2.39. The summed E-state index contributed by atoms with van der Waals surface area (Å²) in [4.78, 5) is 23.9. The van der Waals surface area contributed by atoms with E-state index in [0.29, 0.717) is 30.3 Å². The first-order valence-corrected chi connectivity index (χ1v) is 15.9. The van der Waals surface area contributed by atoms with Crippen molar-refractivity contribution in [1.29, 1.82) is 0 Å². The number of aromatic nitrogens is 1. The maximum Gasteiger partial charge on any atom is 0.260 e. The number of benzene rings is 2. The standard InChI is InChI=1S/C26H34N4O3S3.ClH/c1-4-28(5-2)18-19-30(26-27-24-22(34-3)10-9-11-23(24)35-26)25(31)20-12-14-21(15-13-20)36(32,33)29-16-7-6-8-17-29;/h9-15H,4-8,16-19H2,1-3H3;1H. The molecule has 0 radical (unpaired) electrons. The number of halogens is 1. The fraction of sp³-hybridized carbons (Fsp3) is 0.462. The van der Waals surface area contributed by atoms with Crippen LogP contribution in [0.4, 0.5) is 5.13 Å². The van der Waals surface area contributed by atoms with Gasteiger partial charge in [-0.3, -0.25) is 9.69 Å². The van der Waals surface area contributed by atoms with Crippen LogP contribution in [0.2, 0.25) is 0 Å². The van der Waals surface area contributed by atoms with Crippen molar-refractivity contribution in [3.63, 3.8) is 0 Å². The lowest BCUT2D eigenvalue weighted by Gasteiger charge is -2.26. The van der Waals surface area contributed by atoms with Crippen molar-refractivity contribution in [1.82, 2.24) is 14.2 Å². The third-order valence-corrected chi connectivity index (χ3v) is 10.4. The summed E-state index contributed by atoms with van der Waals surface area (Å²) in [5.74, 6) is -0.172. The number of rotatable bonds is 10. The first-order valence-electron chi connectivity index (χ1n) is 12.5. The molecule has 0 N–H and O–H groups in total. The van der Waals surface area contributed by atoms with E-state index in [1.807, 2.05) is 24.5 Å². The van der Waals surface area contributed by atoms with Gasteiger partial charge in [0, 0.05) is 36.6 Å². The molecule has 1 aromatic heterocycles. The van der Waals surface area contributed by atoms with E-state index in [2.05, 4.69) is 18.7 Å². The van der Waals surface area contributed by atoms with Crippen LogP contribution in [0.3, 0.4) is 0 Å². The Balaban J connectivity index is 0.00000380. The van der Waals surface area contributed by atoms with E-state index >= 15 is 0 Å². The van der Waals surface area contributed by atoms with E-state index in [1.165, 1.54) is 11.3 Å². The van der Waals surface area contributed by atoms with E-state index in [0.717, 1.165) is 54.0 Å². The average Bonchev–Trinajstić information content (AvgIpc) is 3.35. The van der Waals surface area contributed by atoms with Crippen molar-refractivity contribution in [2.24, 2.45) is 0 Å². The van der Waals surface area contributed by atoms with Crippen LogP contribution < -0.4 is 4.90 Å². The highest BCUT2D eigenvalue weighted by Gasteiger charge is 2.27. The molecule has 0 unspecified atom stereocenters. The Hall–Kier alpha value is -1.69. The minimum absolute atomic E-state index is 0. The number of thioether (sulfide) groups is 1. The molecule has 0 atom stereocenters. The van der Waals surface area contributed by atoms with Crippen molar-refractivity contribution in [3.8, 4) is 0 Å². The van der Waals surface area contributed by atoms with Crippen molar-refractivity contribution >= 4 is 66.8 Å². The van der Waals surface area contributed by atoms with Crippen LogP contribution in [0.5, 0.6) is 0 Å². The van der Waals surface area contributed by atoms with Gasteiger partial charge in [-0.1, -0.05) is 37.7 Å². The van der Waals surface area contributed by atoms with E-state index in [-0.39, 0.29) is 23.2 Å². The Kier molecular flexibility index (Phi) is 10.8. The quantitative estimate of drug-likeness (QED) is 0.290. The van der Waals surface area contributed by atoms with Gasteiger partial charge in [-0.05, 0) is 68.6 Å². The second-order valence-corrected chi connectivity index (χ2v) is 12.6. The summed E-state index contributed by atoms with van der Waals surface area (Å²) >= 11 is 3.15. The van der Waals surface area contributed by atoms with Crippen LogP contribution in [-0.2, 0) is 10.0 Å². The zero-order chi connectivity index (χ0) is 25.7. The van der Waals surface area contributed by atoms with Gasteiger partial charge in [-0.15, -0.1) is 24.2 Å². The molecule has 0 aliphatic carbocycles. The van der Waals surface area contributed by atoms with Crippen LogP contribution >= 0.6 is 35.5 Å². The minimum Gasteiger partial charge on any atom is -0.302 e. The number of anilines is 1. The van der Waals surface area contributed by atoms with Gasteiger partial charge in [-0.25, -0.2) is 13.4 Å². The summed E-state index contributed by atoms with van der Waals surface area (Å²) in [6, 6.07) is 12.5. The second-order valence-electron chi connectivity index (χ2n) is 8.78. The Bertz CT molecular complexity index is 1290. The number of hydrogen-bond donors (Lipinski definition) is 0. The molecule has 3 aromatic rings. The van der Waals surface area contributed by atoms with Gasteiger partial charge in [0.1, 0.15) is 0 Å². The Morgan fingerprint density at radius 2 is 1.70 bits per heavy atom. The highest BCUT2D eigenvalue weighted by molar-refractivity contribution is 7.98. The van der Waals surface area contributed by atoms with Crippen LogP contribution in [-0.4, -0.2) is 74.0 Å². The van der Waals surface area contributed by atoms with Gasteiger partial charge in [-0.2, -0.15) is 4.31 Å². The minimum atomic E-state index is -3.54. The normalized spacial score (nSPS) is 14.6. The third-order valence-electron chi connectivity index (χ3n) is 6.65. The molecule has 1 aliphatic heterocycles. The number of sulfonamides is 1. The number of piperidine rings is 1. The van der Waals surface area contributed by atoms with Crippen LogP contribution in [0, 0.1) is 0 Å². The molecule has 2 heterocycles. The van der Waals surface area contributed by atoms with Crippen molar-refractivity contribution in [3.05, 3.63) is 48.0 Å². The fourth-order valence-corrected chi connectivity index (χ4v) is 7.60. The number of nitrogens with zero attached hydrogens (tertiary/aromatic N) is 4. The third kappa shape index (κ3) is 6.66. The zero-order valence-electron chi connectivity index (χ0n) is 21.6. The molecular formula is C26H35ClN4O3S3. The van der Waals surface area contributed by atoms with Crippen molar-refractivity contribution < 1.29 is 13.2 Å². The molecule has 4 rings (SSSR count). The van der Waals surface area contributed by atoms with Gasteiger partial charge in [0.25, 0.3) is 5.91 Å². The SMILES string of the molecule is CCN(CC)CCN(C(=O)c1ccc(S(=O)(=O)N2CCCCC2)cc1)c1nc2c(SC)cccc2s1.Cl. The van der Waals surface area contributed by atoms with Crippen molar-refractivity contribution in [2.45, 2.75) is 42.9 Å². The smallest absolute Gasteiger partial charge is 0.260 e. The van der Waals surface area contributed by atoms with Gasteiger partial charge < -0.3 is 4.90 Å². The van der Waals surface area contributed by atoms with E-state index in [9.17, 15) is 13.2 Å². The number of thiazole rings is 1. The highest BCUT2D eigenvalue weighted by atomic mass is 35.5. The molecule has 0 bridgehead atoms. The molecule has 11 heteroatoms. The summed E-state index contributed by atoms with van der Waals surface area (Å²) in [5, 5.41) is 0.661. The largest absolute Gasteiger partial charge is 0.302 e. The van der Waals surface area contributed by atoms with Gasteiger partial charge in [0.2, 0.25) is 10.0 Å². The molecule has 0 saturated carbocycles. The van der Waals surface area contributed by atoms with Crippen molar-refractivity contribution in [2.75, 3.05) is 50.4 Å². The molecule has 7 nitrogen and oxygen atoms in total. The average molecular weight is 583 g/mol. The molecule has 1 amide bonds. The summed E-state index contributed by atoms with van der Waals surface area (Å²) < 4.78 is 28.7. The van der Waals surface area contributed by atoms with Crippen LogP contribution in [0.1, 0.15) is 43.5 Å². The number of likely N-dealkylation sites (N-methyl/N-ethyl adjacent to an activating group) is 1. The molecule has 2 aromatic carbocycles. The lowest BCUT2D eigenvalue weighted by atomic mass is 10.2. The molecule has 37 heavy (non-hydrogen) atoms. The number of fused-ring (bicyclic) bond motifs is 1. The van der Waals surface area contributed by atoms with Gasteiger partial charge in [0.15, 0.2) is 5.13 Å². The number of carbonyl (C=O) groups excluding carboxylic acids is 1. The Morgan fingerprint density at radius 3 is 2.32 bits per heavy atom. The monoisotopic (exact) mass is 582 g/mol. The van der Waals surface area contributed by atoms with Gasteiger partial charge in [0.05, 0.1) is 15.1 Å². The Labute approximate surface area is 234 Å². The maximum absolute atomic E-state index is 13.7. The predicted octanol–water partition coefficient (Wildman–Crippen LogP) is 5.60. The van der Waals surface area contributed by atoms with E-state index in [4.69, 9.17) is 4.98 Å². The molecule has 1 saturated heterocycles. The number of para-hydroxylation sites is 1. The number of hydrogen-bond acceptors (Lipinski definition) is 7. The van der Waals surface area contributed by atoms with Gasteiger partial charge >= 0.3 is 0 Å². The summed E-state index contributed by atoms with van der Waals surface area (Å²) in [6.45, 7) is 8.36. The maximum atomic E-state index is 13.7. The first-order chi connectivity index (χ1) is 17.4. The lowest BCUT2D eigenvalue weighted by molar-refractivity contribution is 0.0983. The molecule has 202 valence electrons. The second kappa shape index (κ2) is 13.4. The summed E-state index contributed by atoms with van der Waals surface area (Å²) in [6.07, 6.45) is 4.86.